The molecular weight excluding hydrogens is 318 g/mol. The van der Waals surface area contributed by atoms with Gasteiger partial charge in [0.05, 0.1) is 15.8 Å². The molecular formula is C20H11NO2S. The summed E-state index contributed by atoms with van der Waals surface area (Å²) in [6.45, 7) is 0. The molecule has 4 heteroatoms. The molecule has 5 aromatic rings. The zero-order valence-corrected chi connectivity index (χ0v) is 13.3. The first-order chi connectivity index (χ1) is 11.8. The lowest BCUT2D eigenvalue weighted by Crippen LogP contribution is -2.02. The average molecular weight is 329 g/mol. The summed E-state index contributed by atoms with van der Waals surface area (Å²) in [6.07, 6.45) is 0. The van der Waals surface area contributed by atoms with Crippen LogP contribution in [0.4, 0.5) is 0 Å². The lowest BCUT2D eigenvalue weighted by atomic mass is 10.1. The van der Waals surface area contributed by atoms with Crippen molar-refractivity contribution in [2.45, 2.75) is 0 Å². The van der Waals surface area contributed by atoms with Crippen molar-refractivity contribution in [2.75, 3.05) is 0 Å². The van der Waals surface area contributed by atoms with E-state index in [1.807, 2.05) is 66.7 Å². The summed E-state index contributed by atoms with van der Waals surface area (Å²) < 4.78 is 6.73. The van der Waals surface area contributed by atoms with Crippen LogP contribution < -0.4 is 5.63 Å². The number of rotatable bonds is 1. The summed E-state index contributed by atoms with van der Waals surface area (Å²) in [7, 11) is 0. The number of aromatic nitrogens is 1. The highest BCUT2D eigenvalue weighted by molar-refractivity contribution is 7.21. The predicted molar refractivity (Wildman–Crippen MR) is 98.6 cm³/mol. The average Bonchev–Trinajstić information content (AvgIpc) is 3.05. The largest absolute Gasteiger partial charge is 0.422 e. The molecule has 0 bridgehead atoms. The Balaban J connectivity index is 1.82. The molecule has 0 unspecified atom stereocenters. The van der Waals surface area contributed by atoms with Crippen molar-refractivity contribution in [2.24, 2.45) is 0 Å². The van der Waals surface area contributed by atoms with Crippen LogP contribution in [-0.2, 0) is 0 Å². The molecule has 0 spiro atoms. The van der Waals surface area contributed by atoms with Gasteiger partial charge < -0.3 is 4.42 Å². The second-order valence-electron chi connectivity index (χ2n) is 5.64. The molecule has 0 aliphatic heterocycles. The molecule has 0 saturated carbocycles. The monoisotopic (exact) mass is 329 g/mol. The predicted octanol–water partition coefficient (Wildman–Crippen LogP) is 5.22. The minimum atomic E-state index is -0.349. The van der Waals surface area contributed by atoms with Crippen molar-refractivity contribution < 1.29 is 4.42 Å². The van der Waals surface area contributed by atoms with Gasteiger partial charge in [-0.1, -0.05) is 48.5 Å². The Hall–Kier alpha value is -2.98. The van der Waals surface area contributed by atoms with Gasteiger partial charge in [0.25, 0.3) is 0 Å². The van der Waals surface area contributed by atoms with Gasteiger partial charge in [-0.05, 0) is 23.6 Å². The van der Waals surface area contributed by atoms with E-state index in [-0.39, 0.29) is 5.63 Å². The van der Waals surface area contributed by atoms with E-state index in [4.69, 9.17) is 4.42 Å². The maximum atomic E-state index is 12.6. The van der Waals surface area contributed by atoms with E-state index in [9.17, 15) is 4.79 Å². The minimum Gasteiger partial charge on any atom is -0.422 e. The summed E-state index contributed by atoms with van der Waals surface area (Å²) in [6, 6.07) is 21.7. The van der Waals surface area contributed by atoms with E-state index >= 15 is 0 Å². The van der Waals surface area contributed by atoms with E-state index in [1.54, 1.807) is 0 Å². The molecule has 5 rings (SSSR count). The first kappa shape index (κ1) is 13.5. The van der Waals surface area contributed by atoms with Gasteiger partial charge in [-0.3, -0.25) is 0 Å². The third-order valence-corrected chi connectivity index (χ3v) is 5.22. The Labute approximate surface area is 140 Å². The molecule has 2 aromatic heterocycles. The summed E-state index contributed by atoms with van der Waals surface area (Å²) in [5.74, 6) is 0. The van der Waals surface area contributed by atoms with E-state index in [0.29, 0.717) is 16.2 Å². The highest BCUT2D eigenvalue weighted by Gasteiger charge is 2.13. The van der Waals surface area contributed by atoms with E-state index in [2.05, 4.69) is 4.98 Å². The highest BCUT2D eigenvalue weighted by atomic mass is 32.1. The van der Waals surface area contributed by atoms with Crippen molar-refractivity contribution in [3.63, 3.8) is 0 Å². The first-order valence-electron chi connectivity index (χ1n) is 7.61. The summed E-state index contributed by atoms with van der Waals surface area (Å²) in [5, 5.41) is 3.60. The molecule has 0 atom stereocenters. The van der Waals surface area contributed by atoms with Crippen LogP contribution in [0.1, 0.15) is 0 Å². The quantitative estimate of drug-likeness (QED) is 0.313. The molecule has 0 fully saturated rings. The number of nitrogens with zero attached hydrogens (tertiary/aromatic N) is 1. The van der Waals surface area contributed by atoms with Crippen molar-refractivity contribution in [3.8, 4) is 10.6 Å². The lowest BCUT2D eigenvalue weighted by molar-refractivity contribution is 0.566. The second-order valence-corrected chi connectivity index (χ2v) is 6.67. The third kappa shape index (κ3) is 1.97. The van der Waals surface area contributed by atoms with Gasteiger partial charge in [0, 0.05) is 10.8 Å². The van der Waals surface area contributed by atoms with Gasteiger partial charge in [0.1, 0.15) is 10.6 Å². The Morgan fingerprint density at radius 1 is 0.875 bits per heavy atom. The van der Waals surface area contributed by atoms with E-state index in [1.165, 1.54) is 11.3 Å². The van der Waals surface area contributed by atoms with E-state index in [0.717, 1.165) is 26.4 Å². The van der Waals surface area contributed by atoms with Crippen LogP contribution in [-0.4, -0.2) is 4.98 Å². The Morgan fingerprint density at radius 3 is 2.58 bits per heavy atom. The molecule has 0 N–H and O–H groups in total. The number of thiazole rings is 1. The summed E-state index contributed by atoms with van der Waals surface area (Å²) in [4.78, 5) is 17.1. The SMILES string of the molecule is O=c1oc2c(ccc3ccccc32)cc1-c1nc2ccccc2s1. The van der Waals surface area contributed by atoms with Crippen molar-refractivity contribution >= 4 is 43.3 Å². The molecule has 0 radical (unpaired) electrons. The number of hydrogen-bond acceptors (Lipinski definition) is 4. The Morgan fingerprint density at radius 2 is 1.67 bits per heavy atom. The zero-order valence-electron chi connectivity index (χ0n) is 12.5. The second kappa shape index (κ2) is 5.01. The van der Waals surface area contributed by atoms with Crippen LogP contribution in [0.3, 0.4) is 0 Å². The van der Waals surface area contributed by atoms with Gasteiger partial charge in [0.15, 0.2) is 0 Å². The van der Waals surface area contributed by atoms with Crippen molar-refractivity contribution in [1.82, 2.24) is 4.98 Å². The molecule has 0 saturated heterocycles. The van der Waals surface area contributed by atoms with Crippen molar-refractivity contribution in [3.05, 3.63) is 77.2 Å². The van der Waals surface area contributed by atoms with Crippen LogP contribution >= 0.6 is 11.3 Å². The standard InChI is InChI=1S/C20H11NO2S/c22-20-15(19-21-16-7-3-4-8-17(16)24-19)11-13-10-9-12-5-1-2-6-14(12)18(13)23-20/h1-11H. The topological polar surface area (TPSA) is 43.1 Å². The fourth-order valence-electron chi connectivity index (χ4n) is 2.99. The number of hydrogen-bond donors (Lipinski definition) is 0. The van der Waals surface area contributed by atoms with Gasteiger partial charge in [-0.2, -0.15) is 0 Å². The normalized spacial score (nSPS) is 11.5. The first-order valence-corrected chi connectivity index (χ1v) is 8.43. The number of fused-ring (bicyclic) bond motifs is 4. The van der Waals surface area contributed by atoms with Crippen LogP contribution in [0.2, 0.25) is 0 Å². The number of para-hydroxylation sites is 1. The molecule has 0 aliphatic carbocycles. The lowest BCUT2D eigenvalue weighted by Gasteiger charge is -2.03. The third-order valence-electron chi connectivity index (χ3n) is 4.15. The molecule has 2 heterocycles. The van der Waals surface area contributed by atoms with Gasteiger partial charge in [0.2, 0.25) is 0 Å². The fraction of sp³-hybridized carbons (Fsp3) is 0. The van der Waals surface area contributed by atoms with Crippen molar-refractivity contribution in [1.29, 1.82) is 0 Å². The summed E-state index contributed by atoms with van der Waals surface area (Å²) >= 11 is 1.51. The maximum Gasteiger partial charge on any atom is 0.346 e. The molecule has 24 heavy (non-hydrogen) atoms. The maximum absolute atomic E-state index is 12.6. The number of benzene rings is 3. The molecule has 3 nitrogen and oxygen atoms in total. The van der Waals surface area contributed by atoms with Crippen LogP contribution in [0, 0.1) is 0 Å². The summed E-state index contributed by atoms with van der Waals surface area (Å²) in [5.41, 5.74) is 1.69. The van der Waals surface area contributed by atoms with Crippen LogP contribution in [0.15, 0.2) is 75.9 Å². The van der Waals surface area contributed by atoms with E-state index < -0.39 is 0 Å². The van der Waals surface area contributed by atoms with Gasteiger partial charge in [-0.15, -0.1) is 11.3 Å². The van der Waals surface area contributed by atoms with Gasteiger partial charge in [-0.25, -0.2) is 9.78 Å². The molecule has 114 valence electrons. The molecule has 0 amide bonds. The van der Waals surface area contributed by atoms with Crippen LogP contribution in [0.25, 0.3) is 42.5 Å². The smallest absolute Gasteiger partial charge is 0.346 e. The highest BCUT2D eigenvalue weighted by Crippen LogP contribution is 2.31. The fourth-order valence-corrected chi connectivity index (χ4v) is 3.96. The zero-order chi connectivity index (χ0) is 16.1. The molecule has 3 aromatic carbocycles. The minimum absolute atomic E-state index is 0.349. The Kier molecular flexibility index (Phi) is 2.81. The van der Waals surface area contributed by atoms with Gasteiger partial charge >= 0.3 is 5.63 Å². The molecule has 0 aliphatic rings. The van der Waals surface area contributed by atoms with Crippen LogP contribution in [0.5, 0.6) is 0 Å². The Bertz CT molecular complexity index is 1250.